The number of H-pyrrole nitrogens is 1. The smallest absolute Gasteiger partial charge is 0.418 e. The van der Waals surface area contributed by atoms with Gasteiger partial charge in [-0.1, -0.05) is 12.8 Å². The number of methoxy groups -OCH3 is 1. The van der Waals surface area contributed by atoms with Crippen LogP contribution in [0.2, 0.25) is 0 Å². The fraction of sp³-hybridized carbons (Fsp3) is 0.500. The Hall–Kier alpha value is -4.63. The second-order valence-electron chi connectivity index (χ2n) is 14.2. The van der Waals surface area contributed by atoms with Gasteiger partial charge in [0.25, 0.3) is 5.91 Å². The van der Waals surface area contributed by atoms with Crippen molar-refractivity contribution in [3.05, 3.63) is 58.7 Å². The summed E-state index contributed by atoms with van der Waals surface area (Å²) < 4.78 is 48.2. The van der Waals surface area contributed by atoms with E-state index in [1.807, 2.05) is 11.9 Å². The highest BCUT2D eigenvalue weighted by molar-refractivity contribution is 6.03. The van der Waals surface area contributed by atoms with E-state index in [0.29, 0.717) is 63.3 Å². The number of imidazole rings is 1. The lowest BCUT2D eigenvalue weighted by molar-refractivity contribution is -0.139. The molecule has 0 saturated heterocycles. The average molecular weight is 707 g/mol. The molecule has 1 amide bonds. The molecule has 4 aromatic rings. The standard InChI is InChI=1S/C36H41F3N8O4/c1-46(19-35(20-51-2)9-3-4-10-35)28-15-26(23-13-25(36(37,38)39)30(41-16-23)21-5-6-21)42-32-31(28)43-34(44-32)45-33(50)27-14-22-7-11-47(12-8-29(48)49)18-24(22)17-40-27/h13-17,21H,3-12,18-20H2,1-2H3,(H,48,49)(H2,42,43,44,45,50). The molecule has 0 spiro atoms. The summed E-state index contributed by atoms with van der Waals surface area (Å²) >= 11 is 0. The van der Waals surface area contributed by atoms with Crippen LogP contribution in [0.25, 0.3) is 22.4 Å². The largest absolute Gasteiger partial charge is 0.481 e. The first-order chi connectivity index (χ1) is 24.4. The van der Waals surface area contributed by atoms with Crippen molar-refractivity contribution in [2.24, 2.45) is 5.41 Å². The minimum Gasteiger partial charge on any atom is -0.481 e. The first-order valence-corrected chi connectivity index (χ1v) is 17.3. The van der Waals surface area contributed by atoms with Crippen molar-refractivity contribution in [3.8, 4) is 11.3 Å². The van der Waals surface area contributed by atoms with E-state index in [1.54, 1.807) is 25.4 Å². The van der Waals surface area contributed by atoms with E-state index in [2.05, 4.69) is 35.1 Å². The van der Waals surface area contributed by atoms with Crippen molar-refractivity contribution < 1.29 is 32.6 Å². The molecule has 3 aliphatic rings. The van der Waals surface area contributed by atoms with Gasteiger partial charge >= 0.3 is 12.1 Å². The van der Waals surface area contributed by atoms with Gasteiger partial charge < -0.3 is 19.7 Å². The van der Waals surface area contributed by atoms with Crippen LogP contribution in [-0.4, -0.2) is 87.2 Å². The summed E-state index contributed by atoms with van der Waals surface area (Å²) in [5.74, 6) is -1.39. The van der Waals surface area contributed by atoms with Crippen LogP contribution < -0.4 is 10.2 Å². The second-order valence-corrected chi connectivity index (χ2v) is 14.2. The highest BCUT2D eigenvalue weighted by Crippen LogP contribution is 2.46. The zero-order valence-electron chi connectivity index (χ0n) is 28.6. The van der Waals surface area contributed by atoms with Crippen LogP contribution in [0, 0.1) is 5.41 Å². The fourth-order valence-corrected chi connectivity index (χ4v) is 7.61. The molecule has 3 N–H and O–H groups in total. The number of nitrogens with zero attached hydrogens (tertiary/aromatic N) is 6. The quantitative estimate of drug-likeness (QED) is 0.159. The van der Waals surface area contributed by atoms with Gasteiger partial charge in [0.2, 0.25) is 5.95 Å². The fourth-order valence-electron chi connectivity index (χ4n) is 7.61. The van der Waals surface area contributed by atoms with Crippen LogP contribution in [0.4, 0.5) is 24.8 Å². The normalized spacial score (nSPS) is 17.4. The van der Waals surface area contributed by atoms with Gasteiger partial charge in [0.1, 0.15) is 11.2 Å². The Morgan fingerprint density at radius 3 is 2.61 bits per heavy atom. The summed E-state index contributed by atoms with van der Waals surface area (Å²) in [6, 6.07) is 4.62. The molecular formula is C36H41F3N8O4. The number of alkyl halides is 3. The number of anilines is 2. The molecular weight excluding hydrogens is 665 g/mol. The van der Waals surface area contributed by atoms with Crippen LogP contribution in [0.3, 0.4) is 0 Å². The van der Waals surface area contributed by atoms with E-state index < -0.39 is 23.6 Å². The number of halogens is 3. The third-order valence-corrected chi connectivity index (χ3v) is 10.3. The monoisotopic (exact) mass is 706 g/mol. The van der Waals surface area contributed by atoms with E-state index in [4.69, 9.17) is 9.84 Å². The maximum Gasteiger partial charge on any atom is 0.418 e. The average Bonchev–Trinajstić information content (AvgIpc) is 3.72. The molecule has 15 heteroatoms. The number of aromatic nitrogens is 5. The molecule has 51 heavy (non-hydrogen) atoms. The molecule has 2 fully saturated rings. The van der Waals surface area contributed by atoms with Gasteiger partial charge in [-0.2, -0.15) is 18.2 Å². The molecule has 0 radical (unpaired) electrons. The number of aliphatic carboxylic acids is 1. The molecule has 4 aromatic heterocycles. The molecule has 12 nitrogen and oxygen atoms in total. The number of aromatic amines is 1. The van der Waals surface area contributed by atoms with Crippen LogP contribution in [0.15, 0.2) is 30.6 Å². The molecule has 7 rings (SSSR count). The lowest BCUT2D eigenvalue weighted by Gasteiger charge is -2.34. The minimum atomic E-state index is -4.56. The highest BCUT2D eigenvalue weighted by Gasteiger charge is 2.40. The lowest BCUT2D eigenvalue weighted by Crippen LogP contribution is -2.37. The Balaban J connectivity index is 1.20. The third kappa shape index (κ3) is 7.54. The maximum atomic E-state index is 14.2. The van der Waals surface area contributed by atoms with Gasteiger partial charge in [-0.3, -0.25) is 29.8 Å². The zero-order chi connectivity index (χ0) is 35.9. The van der Waals surface area contributed by atoms with Crippen molar-refractivity contribution in [1.82, 2.24) is 29.8 Å². The molecule has 0 aromatic carbocycles. The number of amides is 1. The van der Waals surface area contributed by atoms with Gasteiger partial charge in [0, 0.05) is 69.6 Å². The number of carboxylic acid groups (broad SMARTS) is 1. The molecule has 0 bridgehead atoms. The second kappa shape index (κ2) is 13.8. The Kier molecular flexibility index (Phi) is 9.44. The summed E-state index contributed by atoms with van der Waals surface area (Å²) in [4.78, 5) is 49.6. The number of fused-ring (bicyclic) bond motifs is 2. The van der Waals surface area contributed by atoms with Gasteiger partial charge in [-0.25, -0.2) is 4.98 Å². The van der Waals surface area contributed by atoms with Gasteiger partial charge in [-0.15, -0.1) is 0 Å². The lowest BCUT2D eigenvalue weighted by atomic mass is 9.86. The van der Waals surface area contributed by atoms with Crippen molar-refractivity contribution in [2.75, 3.05) is 50.6 Å². The zero-order valence-corrected chi connectivity index (χ0v) is 28.6. The number of nitrogens with one attached hydrogen (secondary N) is 2. The summed E-state index contributed by atoms with van der Waals surface area (Å²) in [7, 11) is 3.63. The van der Waals surface area contributed by atoms with Crippen molar-refractivity contribution in [1.29, 1.82) is 0 Å². The first-order valence-electron chi connectivity index (χ1n) is 17.3. The molecule has 1 aliphatic heterocycles. The van der Waals surface area contributed by atoms with Crippen molar-refractivity contribution in [3.63, 3.8) is 0 Å². The number of ether oxygens (including phenoxy) is 1. The van der Waals surface area contributed by atoms with E-state index in [9.17, 15) is 22.8 Å². The van der Waals surface area contributed by atoms with Gasteiger partial charge in [0.05, 0.1) is 35.7 Å². The molecule has 2 saturated carbocycles. The Morgan fingerprint density at radius 1 is 1.12 bits per heavy atom. The van der Waals surface area contributed by atoms with Crippen LogP contribution in [-0.2, 0) is 28.7 Å². The summed E-state index contributed by atoms with van der Waals surface area (Å²) in [5.41, 5.74) is 3.30. The predicted octanol–water partition coefficient (Wildman–Crippen LogP) is 6.04. The van der Waals surface area contributed by atoms with Crippen molar-refractivity contribution in [2.45, 2.75) is 70.0 Å². The van der Waals surface area contributed by atoms with Gasteiger partial charge in [-0.05, 0) is 61.4 Å². The van der Waals surface area contributed by atoms with Gasteiger partial charge in [0.15, 0.2) is 5.65 Å². The maximum absolute atomic E-state index is 14.2. The van der Waals surface area contributed by atoms with Crippen LogP contribution in [0.1, 0.15) is 83.7 Å². The summed E-state index contributed by atoms with van der Waals surface area (Å²) in [6.45, 7) is 2.89. The summed E-state index contributed by atoms with van der Waals surface area (Å²) in [6.07, 6.45) is 4.79. The Bertz CT molecular complexity index is 1950. The molecule has 5 heterocycles. The molecule has 270 valence electrons. The molecule has 2 aliphatic carbocycles. The van der Waals surface area contributed by atoms with E-state index in [-0.39, 0.29) is 52.0 Å². The minimum absolute atomic E-state index is 0.0564. The molecule has 0 atom stereocenters. The SMILES string of the molecule is COCC1(CN(C)c2cc(-c3cnc(C4CC4)c(C(F)(F)F)c3)nc3nc(NC(=O)c4cc5c(cn4)CN(CCC(=O)O)CC5)[nH]c23)CCCC1. The van der Waals surface area contributed by atoms with Crippen LogP contribution >= 0.6 is 0 Å². The highest BCUT2D eigenvalue weighted by atomic mass is 19.4. The Labute approximate surface area is 292 Å². The Morgan fingerprint density at radius 2 is 1.90 bits per heavy atom. The number of hydrogen-bond donors (Lipinski definition) is 3. The molecule has 0 unspecified atom stereocenters. The van der Waals surface area contributed by atoms with Crippen molar-refractivity contribution >= 4 is 34.7 Å². The number of carbonyl (C=O) groups excluding carboxylic acids is 1. The third-order valence-electron chi connectivity index (χ3n) is 10.3. The van der Waals surface area contributed by atoms with Crippen LogP contribution in [0.5, 0.6) is 0 Å². The number of carbonyl (C=O) groups is 2. The number of carboxylic acids is 1. The van der Waals surface area contributed by atoms with E-state index in [1.165, 1.54) is 6.20 Å². The number of pyridine rings is 3. The number of rotatable bonds is 12. The topological polar surface area (TPSA) is 149 Å². The summed E-state index contributed by atoms with van der Waals surface area (Å²) in [5, 5.41) is 11.8. The van der Waals surface area contributed by atoms with E-state index in [0.717, 1.165) is 42.9 Å². The first kappa shape index (κ1) is 34.8. The predicted molar refractivity (Wildman–Crippen MR) is 184 cm³/mol. The van der Waals surface area contributed by atoms with E-state index >= 15 is 0 Å². The number of hydrogen-bond acceptors (Lipinski definition) is 9.